The lowest BCUT2D eigenvalue weighted by atomic mass is 9.92. The Morgan fingerprint density at radius 3 is 1.75 bits per heavy atom. The summed E-state index contributed by atoms with van der Waals surface area (Å²) in [6.45, 7) is 4.53. The zero-order valence-electron chi connectivity index (χ0n) is 10.1. The average molecular weight is 216 g/mol. The highest BCUT2D eigenvalue weighted by molar-refractivity contribution is 5.66. The van der Waals surface area contributed by atoms with Gasteiger partial charge in [0.2, 0.25) is 0 Å². The number of hydrogen-bond acceptors (Lipinski definition) is 2. The van der Waals surface area contributed by atoms with Gasteiger partial charge < -0.3 is 10.6 Å². The van der Waals surface area contributed by atoms with E-state index in [0.717, 1.165) is 0 Å². The molecule has 3 rings (SSSR count). The summed E-state index contributed by atoms with van der Waals surface area (Å²) in [4.78, 5) is 0. The molecule has 1 aromatic rings. The van der Waals surface area contributed by atoms with Crippen LogP contribution in [-0.2, 0) is 12.8 Å². The summed E-state index contributed by atoms with van der Waals surface area (Å²) >= 11 is 0. The maximum atomic E-state index is 3.59. The van der Waals surface area contributed by atoms with Crippen molar-refractivity contribution in [2.24, 2.45) is 0 Å². The largest absolute Gasteiger partial charge is 0.382 e. The maximum Gasteiger partial charge on any atom is 0.0379 e. The zero-order valence-corrected chi connectivity index (χ0v) is 10.1. The monoisotopic (exact) mass is 216 g/mol. The van der Waals surface area contributed by atoms with Crippen LogP contribution < -0.4 is 10.6 Å². The fourth-order valence-electron chi connectivity index (χ4n) is 2.79. The van der Waals surface area contributed by atoms with Crippen molar-refractivity contribution in [3.05, 3.63) is 23.3 Å². The van der Waals surface area contributed by atoms with Crippen molar-refractivity contribution in [3.63, 3.8) is 0 Å². The van der Waals surface area contributed by atoms with Crippen LogP contribution in [0.5, 0.6) is 0 Å². The molecule has 2 atom stereocenters. The number of rotatable bonds is 0. The first-order valence-corrected chi connectivity index (χ1v) is 6.41. The van der Waals surface area contributed by atoms with Gasteiger partial charge in [-0.3, -0.25) is 0 Å². The van der Waals surface area contributed by atoms with E-state index in [4.69, 9.17) is 0 Å². The van der Waals surface area contributed by atoms with E-state index >= 15 is 0 Å². The highest BCUT2D eigenvalue weighted by Crippen LogP contribution is 2.33. The minimum Gasteiger partial charge on any atom is -0.382 e. The van der Waals surface area contributed by atoms with Crippen LogP contribution in [0.1, 0.15) is 37.8 Å². The van der Waals surface area contributed by atoms with Crippen LogP contribution >= 0.6 is 0 Å². The van der Waals surface area contributed by atoms with Gasteiger partial charge >= 0.3 is 0 Å². The van der Waals surface area contributed by atoms with Gasteiger partial charge in [0.05, 0.1) is 0 Å². The van der Waals surface area contributed by atoms with E-state index in [1.807, 2.05) is 0 Å². The number of hydrogen-bond donors (Lipinski definition) is 2. The molecule has 0 bridgehead atoms. The fraction of sp³-hybridized carbons (Fsp3) is 0.571. The molecule has 2 heteroatoms. The first kappa shape index (κ1) is 10.0. The summed E-state index contributed by atoms with van der Waals surface area (Å²) in [5, 5.41) is 7.19. The number of fused-ring (bicyclic) bond motifs is 2. The molecule has 0 saturated heterocycles. The lowest BCUT2D eigenvalue weighted by Gasteiger charge is -2.30. The summed E-state index contributed by atoms with van der Waals surface area (Å²) < 4.78 is 0. The molecule has 2 aliphatic heterocycles. The molecule has 0 amide bonds. The number of aryl methyl sites for hydroxylation is 2. The molecule has 16 heavy (non-hydrogen) atoms. The van der Waals surface area contributed by atoms with Crippen LogP contribution in [-0.4, -0.2) is 12.1 Å². The second-order valence-electron chi connectivity index (χ2n) is 5.33. The molecule has 0 aromatic heterocycles. The molecule has 2 nitrogen and oxygen atoms in total. The van der Waals surface area contributed by atoms with Crippen molar-refractivity contribution < 1.29 is 0 Å². The van der Waals surface area contributed by atoms with Crippen molar-refractivity contribution >= 4 is 11.4 Å². The maximum absolute atomic E-state index is 3.59. The van der Waals surface area contributed by atoms with Crippen molar-refractivity contribution in [1.29, 1.82) is 0 Å². The minimum absolute atomic E-state index is 0.626. The number of anilines is 2. The van der Waals surface area contributed by atoms with Crippen molar-refractivity contribution in [3.8, 4) is 0 Å². The molecule has 0 unspecified atom stereocenters. The first-order valence-electron chi connectivity index (χ1n) is 6.41. The van der Waals surface area contributed by atoms with Crippen molar-refractivity contribution in [1.82, 2.24) is 0 Å². The van der Waals surface area contributed by atoms with E-state index in [0.29, 0.717) is 12.1 Å². The Hall–Kier alpha value is -1.18. The lowest BCUT2D eigenvalue weighted by Crippen LogP contribution is -2.25. The highest BCUT2D eigenvalue weighted by atomic mass is 14.9. The molecule has 2 heterocycles. The van der Waals surface area contributed by atoms with Crippen LogP contribution in [0.3, 0.4) is 0 Å². The third kappa shape index (κ3) is 1.66. The number of benzene rings is 1. The molecular formula is C14H20N2. The van der Waals surface area contributed by atoms with Gasteiger partial charge in [0.15, 0.2) is 0 Å². The highest BCUT2D eigenvalue weighted by Gasteiger charge is 2.20. The quantitative estimate of drug-likeness (QED) is 0.696. The lowest BCUT2D eigenvalue weighted by molar-refractivity contribution is 0.666. The Kier molecular flexibility index (Phi) is 2.31. The van der Waals surface area contributed by atoms with E-state index in [-0.39, 0.29) is 0 Å². The molecule has 2 aliphatic rings. The van der Waals surface area contributed by atoms with Crippen LogP contribution in [0, 0.1) is 0 Å². The van der Waals surface area contributed by atoms with E-state index in [2.05, 4.69) is 36.6 Å². The Morgan fingerprint density at radius 1 is 0.875 bits per heavy atom. The van der Waals surface area contributed by atoms with Gasteiger partial charge in [0, 0.05) is 23.5 Å². The van der Waals surface area contributed by atoms with Crippen LogP contribution in [0.4, 0.5) is 11.4 Å². The van der Waals surface area contributed by atoms with Gasteiger partial charge in [-0.15, -0.1) is 0 Å². The number of nitrogens with one attached hydrogen (secondary N) is 2. The molecule has 0 fully saturated rings. The van der Waals surface area contributed by atoms with E-state index in [1.165, 1.54) is 48.2 Å². The Bertz CT molecular complexity index is 372. The predicted octanol–water partition coefficient (Wildman–Crippen LogP) is 3.18. The summed E-state index contributed by atoms with van der Waals surface area (Å²) in [7, 11) is 0. The molecular weight excluding hydrogens is 196 g/mol. The van der Waals surface area contributed by atoms with E-state index in [9.17, 15) is 0 Å². The van der Waals surface area contributed by atoms with Crippen molar-refractivity contribution in [2.45, 2.75) is 51.6 Å². The topological polar surface area (TPSA) is 24.1 Å². The summed E-state index contributed by atoms with van der Waals surface area (Å²) in [5.74, 6) is 0. The van der Waals surface area contributed by atoms with Crippen molar-refractivity contribution in [2.75, 3.05) is 10.6 Å². The van der Waals surface area contributed by atoms with E-state index < -0.39 is 0 Å². The fourth-order valence-corrected chi connectivity index (χ4v) is 2.79. The van der Waals surface area contributed by atoms with Gasteiger partial charge in [0.25, 0.3) is 0 Å². The standard InChI is InChI=1S/C14H20N2/c1-9-3-5-11-8-14-12(7-13(11)15-9)6-4-10(2)16-14/h7-10,15-16H,3-6H2,1-2H3/t9-,10+. The Balaban J connectivity index is 1.99. The second kappa shape index (κ2) is 3.69. The van der Waals surface area contributed by atoms with Gasteiger partial charge in [-0.05, 0) is 62.8 Å². The van der Waals surface area contributed by atoms with Gasteiger partial charge in [-0.1, -0.05) is 0 Å². The van der Waals surface area contributed by atoms with Crippen LogP contribution in [0.15, 0.2) is 12.1 Å². The Labute approximate surface area is 97.4 Å². The normalized spacial score (nSPS) is 27.4. The smallest absolute Gasteiger partial charge is 0.0379 e. The van der Waals surface area contributed by atoms with Gasteiger partial charge in [-0.2, -0.15) is 0 Å². The second-order valence-corrected chi connectivity index (χ2v) is 5.33. The molecule has 86 valence electrons. The summed E-state index contributed by atoms with van der Waals surface area (Å²) in [5.41, 5.74) is 5.71. The SMILES string of the molecule is C[C@@H]1CCc2cc3c(cc2N1)CC[C@H](C)N3. The predicted molar refractivity (Wildman–Crippen MR) is 69.3 cm³/mol. The van der Waals surface area contributed by atoms with Crippen LogP contribution in [0.25, 0.3) is 0 Å². The van der Waals surface area contributed by atoms with Gasteiger partial charge in [-0.25, -0.2) is 0 Å². The molecule has 0 aliphatic carbocycles. The first-order chi connectivity index (χ1) is 7.72. The minimum atomic E-state index is 0.626. The zero-order chi connectivity index (χ0) is 11.1. The third-order valence-corrected chi connectivity index (χ3v) is 3.83. The molecule has 1 aromatic carbocycles. The summed E-state index contributed by atoms with van der Waals surface area (Å²) in [6, 6.07) is 5.97. The summed E-state index contributed by atoms with van der Waals surface area (Å²) in [6.07, 6.45) is 4.93. The molecule has 0 spiro atoms. The Morgan fingerprint density at radius 2 is 1.31 bits per heavy atom. The van der Waals surface area contributed by atoms with Crippen LogP contribution in [0.2, 0.25) is 0 Å². The average Bonchev–Trinajstić information content (AvgIpc) is 2.26. The van der Waals surface area contributed by atoms with E-state index in [1.54, 1.807) is 0 Å². The molecule has 0 saturated carbocycles. The molecule has 0 radical (unpaired) electrons. The van der Waals surface area contributed by atoms with Gasteiger partial charge in [0.1, 0.15) is 0 Å². The third-order valence-electron chi connectivity index (χ3n) is 3.83. The molecule has 2 N–H and O–H groups in total.